The molecule has 1 aliphatic heterocycles. The molecule has 2 aromatic carbocycles. The lowest BCUT2D eigenvalue weighted by Gasteiger charge is -2.38. The Morgan fingerprint density at radius 3 is 2.57 bits per heavy atom. The van der Waals surface area contributed by atoms with E-state index in [1.165, 1.54) is 15.6 Å². The second-order valence-electron chi connectivity index (χ2n) is 8.50. The van der Waals surface area contributed by atoms with Crippen molar-refractivity contribution in [2.75, 3.05) is 6.61 Å². The van der Waals surface area contributed by atoms with E-state index in [2.05, 4.69) is 20.4 Å². The average molecular weight is 555 g/mol. The zero-order valence-corrected chi connectivity index (χ0v) is 20.6. The van der Waals surface area contributed by atoms with Gasteiger partial charge in [0.1, 0.15) is 29.8 Å². The van der Waals surface area contributed by atoms with Crippen LogP contribution in [0.1, 0.15) is 30.2 Å². The first-order valence-corrected chi connectivity index (χ1v) is 11.8. The molecule has 1 saturated heterocycles. The fourth-order valence-electron chi connectivity index (χ4n) is 4.28. The minimum atomic E-state index is -1.59. The maximum Gasteiger partial charge on any atom is 0.194 e. The zero-order chi connectivity index (χ0) is 26.4. The van der Waals surface area contributed by atoms with Crippen LogP contribution in [0, 0.1) is 24.4 Å². The van der Waals surface area contributed by atoms with Crippen molar-refractivity contribution in [1.29, 1.82) is 0 Å². The van der Waals surface area contributed by atoms with Gasteiger partial charge in [0.15, 0.2) is 23.3 Å². The highest BCUT2D eigenvalue weighted by Crippen LogP contribution is 2.39. The number of hydrogen-bond donors (Lipinski definition) is 2. The summed E-state index contributed by atoms with van der Waals surface area (Å²) < 4.78 is 49.6. The fraction of sp³-hybridized carbons (Fsp3) is 0.304. The van der Waals surface area contributed by atoms with Crippen LogP contribution in [-0.2, 0) is 4.74 Å². The van der Waals surface area contributed by atoms with Gasteiger partial charge in [-0.25, -0.2) is 27.5 Å². The maximum absolute atomic E-state index is 13.7. The van der Waals surface area contributed by atoms with Crippen molar-refractivity contribution >= 4 is 23.2 Å². The maximum atomic E-state index is 13.7. The van der Waals surface area contributed by atoms with Gasteiger partial charge in [0.05, 0.1) is 29.6 Å². The lowest BCUT2D eigenvalue weighted by molar-refractivity contribution is -0.161. The number of halogens is 5. The standard InChI is InChI=1S/C23H19Cl2F3N6O3/c1-10-29-23(34(31-10)17-6-12(24)2-3-13(17)25)19-7-18(22(36)20(9-35)37-19)33-8-16(30-32-33)11-4-14(26)21(28)15(27)5-11/h2-6,8,18-20,22,35-36H,7,9H2,1H3. The number of aryl methyl sites for hydroxylation is 1. The minimum absolute atomic E-state index is 0.0366. The smallest absolute Gasteiger partial charge is 0.194 e. The average Bonchev–Trinajstić information content (AvgIpc) is 3.51. The first-order valence-electron chi connectivity index (χ1n) is 11.1. The molecule has 3 heterocycles. The van der Waals surface area contributed by atoms with E-state index < -0.39 is 48.4 Å². The molecular formula is C23H19Cl2F3N6O3. The van der Waals surface area contributed by atoms with Gasteiger partial charge in [-0.05, 0) is 37.3 Å². The predicted octanol–water partition coefficient (Wildman–Crippen LogP) is 3.98. The van der Waals surface area contributed by atoms with E-state index in [0.29, 0.717) is 27.4 Å². The third kappa shape index (κ3) is 4.82. The molecule has 0 saturated carbocycles. The van der Waals surface area contributed by atoms with Gasteiger partial charge in [0, 0.05) is 17.0 Å². The molecule has 4 unspecified atom stereocenters. The van der Waals surface area contributed by atoms with Crippen molar-refractivity contribution in [2.45, 2.75) is 37.7 Å². The van der Waals surface area contributed by atoms with Gasteiger partial charge in [-0.3, -0.25) is 0 Å². The van der Waals surface area contributed by atoms with Crippen molar-refractivity contribution in [3.63, 3.8) is 0 Å². The normalized spacial score (nSPS) is 21.9. The van der Waals surface area contributed by atoms with Crippen LogP contribution in [0.15, 0.2) is 36.5 Å². The molecule has 2 aromatic heterocycles. The first-order chi connectivity index (χ1) is 17.7. The van der Waals surface area contributed by atoms with Crippen LogP contribution in [0.5, 0.6) is 0 Å². The first kappa shape index (κ1) is 25.6. The number of benzene rings is 2. The summed E-state index contributed by atoms with van der Waals surface area (Å²) in [5, 5.41) is 33.9. The van der Waals surface area contributed by atoms with Gasteiger partial charge in [-0.1, -0.05) is 28.4 Å². The fourth-order valence-corrected chi connectivity index (χ4v) is 4.64. The van der Waals surface area contributed by atoms with Crippen molar-refractivity contribution in [3.05, 3.63) is 75.7 Å². The summed E-state index contributed by atoms with van der Waals surface area (Å²) in [6.07, 6.45) is -1.55. The molecular weight excluding hydrogens is 536 g/mol. The van der Waals surface area contributed by atoms with E-state index in [4.69, 9.17) is 27.9 Å². The van der Waals surface area contributed by atoms with Crippen molar-refractivity contribution in [1.82, 2.24) is 29.8 Å². The van der Waals surface area contributed by atoms with Gasteiger partial charge in [-0.15, -0.1) is 5.10 Å². The zero-order valence-electron chi connectivity index (χ0n) is 19.1. The largest absolute Gasteiger partial charge is 0.394 e. The summed E-state index contributed by atoms with van der Waals surface area (Å²) >= 11 is 12.5. The molecule has 194 valence electrons. The summed E-state index contributed by atoms with van der Waals surface area (Å²) in [5.41, 5.74) is 0.476. The van der Waals surface area contributed by atoms with Crippen molar-refractivity contribution < 1.29 is 28.1 Å². The second-order valence-corrected chi connectivity index (χ2v) is 9.35. The minimum Gasteiger partial charge on any atom is -0.394 e. The monoisotopic (exact) mass is 554 g/mol. The second kappa shape index (κ2) is 10.0. The molecule has 2 N–H and O–H groups in total. The van der Waals surface area contributed by atoms with Gasteiger partial charge in [0.2, 0.25) is 0 Å². The topological polar surface area (TPSA) is 111 Å². The Kier molecular flexibility index (Phi) is 6.94. The van der Waals surface area contributed by atoms with Crippen LogP contribution in [0.4, 0.5) is 13.2 Å². The Morgan fingerprint density at radius 1 is 1.14 bits per heavy atom. The third-order valence-electron chi connectivity index (χ3n) is 6.04. The number of aliphatic hydroxyl groups excluding tert-OH is 2. The van der Waals surface area contributed by atoms with Gasteiger partial charge >= 0.3 is 0 Å². The molecule has 0 aliphatic carbocycles. The summed E-state index contributed by atoms with van der Waals surface area (Å²) in [4.78, 5) is 4.48. The Balaban J connectivity index is 1.51. The Morgan fingerprint density at radius 2 is 1.86 bits per heavy atom. The number of aromatic nitrogens is 6. The highest BCUT2D eigenvalue weighted by atomic mass is 35.5. The molecule has 4 atom stereocenters. The van der Waals surface area contributed by atoms with Crippen LogP contribution in [0.25, 0.3) is 16.9 Å². The van der Waals surface area contributed by atoms with Crippen LogP contribution >= 0.6 is 23.2 Å². The van der Waals surface area contributed by atoms with Crippen LogP contribution in [0.3, 0.4) is 0 Å². The van der Waals surface area contributed by atoms with E-state index in [-0.39, 0.29) is 17.7 Å². The Hall–Kier alpha value is -3.03. The van der Waals surface area contributed by atoms with E-state index in [1.54, 1.807) is 25.1 Å². The van der Waals surface area contributed by atoms with E-state index in [1.807, 2.05) is 0 Å². The molecule has 1 fully saturated rings. The molecule has 37 heavy (non-hydrogen) atoms. The lowest BCUT2D eigenvalue weighted by atomic mass is 9.95. The summed E-state index contributed by atoms with van der Waals surface area (Å²) in [6, 6.07) is 5.67. The SMILES string of the molecule is Cc1nc(C2CC(n3cc(-c4cc(F)c(F)c(F)c4)nn3)C(O)C(CO)O2)n(-c2cc(Cl)ccc2Cl)n1. The Bertz CT molecular complexity index is 1440. The summed E-state index contributed by atoms with van der Waals surface area (Å²) in [6.45, 7) is 1.16. The van der Waals surface area contributed by atoms with Crippen LogP contribution < -0.4 is 0 Å². The van der Waals surface area contributed by atoms with Gasteiger partial charge in [0.25, 0.3) is 0 Å². The molecule has 14 heteroatoms. The quantitative estimate of drug-likeness (QED) is 0.359. The number of nitrogens with zero attached hydrogens (tertiary/aromatic N) is 6. The predicted molar refractivity (Wildman–Crippen MR) is 126 cm³/mol. The van der Waals surface area contributed by atoms with Crippen LogP contribution in [-0.4, -0.2) is 58.8 Å². The molecule has 9 nitrogen and oxygen atoms in total. The Labute approximate surface area is 218 Å². The highest BCUT2D eigenvalue weighted by molar-refractivity contribution is 6.34. The molecule has 4 aromatic rings. The van der Waals surface area contributed by atoms with Gasteiger partial charge in [-0.2, -0.15) is 5.10 Å². The van der Waals surface area contributed by atoms with E-state index >= 15 is 0 Å². The van der Waals surface area contributed by atoms with Gasteiger partial charge < -0.3 is 14.9 Å². The number of aliphatic hydroxyl groups is 2. The van der Waals surface area contributed by atoms with Crippen molar-refractivity contribution in [2.24, 2.45) is 0 Å². The molecule has 0 spiro atoms. The highest BCUT2D eigenvalue weighted by Gasteiger charge is 2.41. The molecule has 1 aliphatic rings. The summed E-state index contributed by atoms with van der Waals surface area (Å²) in [5.74, 6) is -3.57. The molecule has 0 bridgehead atoms. The molecule has 0 amide bonds. The van der Waals surface area contributed by atoms with Crippen molar-refractivity contribution in [3.8, 4) is 16.9 Å². The molecule has 0 radical (unpaired) electrons. The number of ether oxygens (including phenoxy) is 1. The number of hydrogen-bond acceptors (Lipinski definition) is 7. The third-order valence-corrected chi connectivity index (χ3v) is 6.60. The van der Waals surface area contributed by atoms with E-state index in [9.17, 15) is 23.4 Å². The number of rotatable bonds is 5. The van der Waals surface area contributed by atoms with E-state index in [0.717, 1.165) is 12.1 Å². The summed E-state index contributed by atoms with van der Waals surface area (Å²) in [7, 11) is 0. The molecule has 5 rings (SSSR count). The van der Waals surface area contributed by atoms with Crippen LogP contribution in [0.2, 0.25) is 10.0 Å². The lowest BCUT2D eigenvalue weighted by Crippen LogP contribution is -2.45.